The van der Waals surface area contributed by atoms with E-state index in [4.69, 9.17) is 0 Å². The van der Waals surface area contributed by atoms with Crippen LogP contribution in [0.2, 0.25) is 0 Å². The first-order valence-corrected chi connectivity index (χ1v) is 11.2. The second kappa shape index (κ2) is 8.13. The highest BCUT2D eigenvalue weighted by Gasteiger charge is 2.28. The molecule has 1 N–H and O–H groups in total. The fourth-order valence-electron chi connectivity index (χ4n) is 4.30. The number of nitrogens with zero attached hydrogens (tertiary/aromatic N) is 3. The lowest BCUT2D eigenvalue weighted by atomic mass is 9.94. The molecule has 1 fully saturated rings. The van der Waals surface area contributed by atoms with Crippen LogP contribution in [-0.2, 0) is 17.6 Å². The average molecular weight is 387 g/mol. The molecule has 1 aliphatic carbocycles. The lowest BCUT2D eigenvalue weighted by Gasteiger charge is -2.32. The molecule has 0 saturated carbocycles. The minimum Gasteiger partial charge on any atom is -0.356 e. The number of piperidine rings is 1. The van der Waals surface area contributed by atoms with Crippen LogP contribution in [0, 0.1) is 11.8 Å². The lowest BCUT2D eigenvalue weighted by Crippen LogP contribution is -2.41. The largest absolute Gasteiger partial charge is 0.356 e. The lowest BCUT2D eigenvalue weighted by molar-refractivity contribution is -0.125. The highest BCUT2D eigenvalue weighted by Crippen LogP contribution is 2.40. The van der Waals surface area contributed by atoms with Gasteiger partial charge in [0.15, 0.2) is 0 Å². The van der Waals surface area contributed by atoms with Crippen molar-refractivity contribution in [3.8, 4) is 0 Å². The van der Waals surface area contributed by atoms with Gasteiger partial charge in [0.25, 0.3) is 0 Å². The van der Waals surface area contributed by atoms with Gasteiger partial charge in [-0.1, -0.05) is 13.8 Å². The maximum Gasteiger partial charge on any atom is 0.223 e. The van der Waals surface area contributed by atoms with Crippen LogP contribution in [0.3, 0.4) is 0 Å². The first-order valence-electron chi connectivity index (χ1n) is 10.4. The molecule has 0 unspecified atom stereocenters. The number of rotatable bonds is 5. The molecule has 1 saturated heterocycles. The summed E-state index contributed by atoms with van der Waals surface area (Å²) in [5, 5.41) is 4.41. The highest BCUT2D eigenvalue weighted by molar-refractivity contribution is 7.19. The first-order chi connectivity index (χ1) is 13.1. The fraction of sp³-hybridized carbons (Fsp3) is 0.667. The number of anilines is 1. The first kappa shape index (κ1) is 18.7. The Bertz CT molecular complexity index is 808. The quantitative estimate of drug-likeness (QED) is 0.845. The molecule has 0 radical (unpaired) electrons. The minimum atomic E-state index is 0.141. The summed E-state index contributed by atoms with van der Waals surface area (Å²) in [5.41, 5.74) is 1.49. The summed E-state index contributed by atoms with van der Waals surface area (Å²) in [6.07, 6.45) is 9.48. The summed E-state index contributed by atoms with van der Waals surface area (Å²) in [5.74, 6) is 2.10. The van der Waals surface area contributed by atoms with E-state index in [1.54, 1.807) is 6.33 Å². The van der Waals surface area contributed by atoms with Gasteiger partial charge in [-0.05, 0) is 56.4 Å². The van der Waals surface area contributed by atoms with Crippen molar-refractivity contribution in [2.75, 3.05) is 24.5 Å². The van der Waals surface area contributed by atoms with Crippen LogP contribution in [0.5, 0.6) is 0 Å². The number of carbonyl (C=O) groups is 1. The molecule has 6 heteroatoms. The highest BCUT2D eigenvalue weighted by atomic mass is 32.1. The molecule has 2 aromatic rings. The summed E-state index contributed by atoms with van der Waals surface area (Å²) in [6.45, 7) is 6.98. The van der Waals surface area contributed by atoms with E-state index in [0.717, 1.165) is 56.0 Å². The third-order valence-corrected chi connectivity index (χ3v) is 7.12. The summed E-state index contributed by atoms with van der Waals surface area (Å²) >= 11 is 1.85. The van der Waals surface area contributed by atoms with Crippen LogP contribution in [-0.4, -0.2) is 35.5 Å². The minimum absolute atomic E-state index is 0.141. The molecule has 1 amide bonds. The van der Waals surface area contributed by atoms with Crippen molar-refractivity contribution in [2.45, 2.75) is 58.8 Å². The Labute approximate surface area is 165 Å². The van der Waals surface area contributed by atoms with Crippen molar-refractivity contribution in [1.82, 2.24) is 15.3 Å². The van der Waals surface area contributed by atoms with E-state index in [1.807, 2.05) is 11.3 Å². The SMILES string of the molecule is CC(C)CCNC(=O)C1CCN(c2ncnc3sc4c(c23)CCCC4)CC1. The van der Waals surface area contributed by atoms with Crippen molar-refractivity contribution in [1.29, 1.82) is 0 Å². The molecule has 3 heterocycles. The van der Waals surface area contributed by atoms with Crippen molar-refractivity contribution in [3.63, 3.8) is 0 Å². The Morgan fingerprint density at radius 2 is 2.04 bits per heavy atom. The van der Waals surface area contributed by atoms with Gasteiger partial charge in [0.2, 0.25) is 5.91 Å². The average Bonchev–Trinajstić information content (AvgIpc) is 3.06. The predicted octanol–water partition coefficient (Wildman–Crippen LogP) is 3.95. The standard InChI is InChI=1S/C21H30N4OS/c1-14(2)7-10-22-20(26)15-8-11-25(12-9-15)19-18-16-5-3-4-6-17(16)27-21(18)24-13-23-19/h13-15H,3-12H2,1-2H3,(H,22,26). The van der Waals surface area contributed by atoms with Crippen LogP contribution < -0.4 is 10.2 Å². The molecule has 2 aliphatic rings. The maximum absolute atomic E-state index is 12.4. The number of aromatic nitrogens is 2. The molecule has 4 rings (SSSR count). The van der Waals surface area contributed by atoms with Gasteiger partial charge in [0, 0.05) is 30.4 Å². The molecule has 1 aliphatic heterocycles. The monoisotopic (exact) mass is 386 g/mol. The van der Waals surface area contributed by atoms with Gasteiger partial charge in [-0.3, -0.25) is 4.79 Å². The molecule has 5 nitrogen and oxygen atoms in total. The van der Waals surface area contributed by atoms with Gasteiger partial charge in [0.05, 0.1) is 5.39 Å². The van der Waals surface area contributed by atoms with Gasteiger partial charge < -0.3 is 10.2 Å². The molecule has 27 heavy (non-hydrogen) atoms. The normalized spacial score (nSPS) is 18.1. The number of fused-ring (bicyclic) bond motifs is 3. The zero-order chi connectivity index (χ0) is 18.8. The van der Waals surface area contributed by atoms with Crippen molar-refractivity contribution >= 4 is 33.3 Å². The number of nitrogens with one attached hydrogen (secondary N) is 1. The van der Waals surface area contributed by atoms with Gasteiger partial charge in [-0.2, -0.15) is 0 Å². The van der Waals surface area contributed by atoms with Crippen LogP contribution in [0.15, 0.2) is 6.33 Å². The number of hydrogen-bond acceptors (Lipinski definition) is 5. The van der Waals surface area contributed by atoms with E-state index in [1.165, 1.54) is 35.1 Å². The number of amides is 1. The Morgan fingerprint density at radius 3 is 2.81 bits per heavy atom. The zero-order valence-electron chi connectivity index (χ0n) is 16.5. The maximum atomic E-state index is 12.4. The van der Waals surface area contributed by atoms with E-state index in [-0.39, 0.29) is 11.8 Å². The van der Waals surface area contributed by atoms with E-state index < -0.39 is 0 Å². The smallest absolute Gasteiger partial charge is 0.223 e. The Hall–Kier alpha value is -1.69. The number of thiophene rings is 1. The number of hydrogen-bond donors (Lipinski definition) is 1. The summed E-state index contributed by atoms with van der Waals surface area (Å²) in [6, 6.07) is 0. The second-order valence-corrected chi connectivity index (χ2v) is 9.41. The Morgan fingerprint density at radius 1 is 1.26 bits per heavy atom. The molecular formula is C21H30N4OS. The van der Waals surface area contributed by atoms with Crippen molar-refractivity contribution in [3.05, 3.63) is 16.8 Å². The fourth-order valence-corrected chi connectivity index (χ4v) is 5.52. The van der Waals surface area contributed by atoms with Crippen LogP contribution in [0.25, 0.3) is 10.2 Å². The molecule has 0 bridgehead atoms. The second-order valence-electron chi connectivity index (χ2n) is 8.32. The summed E-state index contributed by atoms with van der Waals surface area (Å²) < 4.78 is 0. The van der Waals surface area contributed by atoms with E-state index in [0.29, 0.717) is 5.92 Å². The van der Waals surface area contributed by atoms with E-state index >= 15 is 0 Å². The van der Waals surface area contributed by atoms with Gasteiger partial charge in [0.1, 0.15) is 17.0 Å². The number of carbonyl (C=O) groups excluding carboxylic acids is 1. The summed E-state index contributed by atoms with van der Waals surface area (Å²) in [7, 11) is 0. The van der Waals surface area contributed by atoms with E-state index in [2.05, 4.69) is 34.0 Å². The Kier molecular flexibility index (Phi) is 5.62. The topological polar surface area (TPSA) is 58.1 Å². The molecule has 146 valence electrons. The van der Waals surface area contributed by atoms with Gasteiger partial charge in [-0.15, -0.1) is 11.3 Å². The van der Waals surface area contributed by atoms with Gasteiger partial charge >= 0.3 is 0 Å². The zero-order valence-corrected chi connectivity index (χ0v) is 17.3. The number of aryl methyl sites for hydroxylation is 2. The van der Waals surface area contributed by atoms with Crippen LogP contribution in [0.1, 0.15) is 56.4 Å². The molecule has 0 spiro atoms. The van der Waals surface area contributed by atoms with Crippen LogP contribution in [0.4, 0.5) is 5.82 Å². The van der Waals surface area contributed by atoms with Crippen molar-refractivity contribution < 1.29 is 4.79 Å². The van der Waals surface area contributed by atoms with Crippen LogP contribution >= 0.6 is 11.3 Å². The molecular weight excluding hydrogens is 356 g/mol. The third kappa shape index (κ3) is 3.96. The molecule has 0 aromatic carbocycles. The van der Waals surface area contributed by atoms with E-state index in [9.17, 15) is 4.79 Å². The molecule has 0 atom stereocenters. The predicted molar refractivity (Wildman–Crippen MR) is 111 cm³/mol. The van der Waals surface area contributed by atoms with Crippen molar-refractivity contribution in [2.24, 2.45) is 11.8 Å². The Balaban J connectivity index is 1.44. The van der Waals surface area contributed by atoms with Gasteiger partial charge in [-0.25, -0.2) is 9.97 Å². The summed E-state index contributed by atoms with van der Waals surface area (Å²) in [4.78, 5) is 26.7. The molecule has 2 aromatic heterocycles. The third-order valence-electron chi connectivity index (χ3n) is 5.92.